The van der Waals surface area contributed by atoms with Gasteiger partial charge in [0, 0.05) is 82.8 Å². The number of pyridine rings is 1. The number of nitrogens with zero attached hydrogens (tertiary/aromatic N) is 8. The number of amides is 2. The number of carbonyl (C=O) groups excluding carboxylic acids is 2. The number of benzene rings is 2. The molecule has 0 radical (unpaired) electrons. The zero-order valence-corrected chi connectivity index (χ0v) is 35.7. The molecular formula is C44H50ClF2N11O4. The quantitative estimate of drug-likeness (QED) is 0.166. The van der Waals surface area contributed by atoms with E-state index >= 15 is 8.78 Å². The first-order valence-electron chi connectivity index (χ1n) is 21.6. The van der Waals surface area contributed by atoms with Crippen LogP contribution in [-0.4, -0.2) is 105 Å². The van der Waals surface area contributed by atoms with Crippen molar-refractivity contribution in [1.29, 1.82) is 0 Å². The fourth-order valence-electron chi connectivity index (χ4n) is 9.98. The molecule has 62 heavy (non-hydrogen) atoms. The van der Waals surface area contributed by atoms with Crippen molar-refractivity contribution in [3.8, 4) is 5.75 Å². The number of fused-ring (bicyclic) bond motifs is 4. The summed E-state index contributed by atoms with van der Waals surface area (Å²) in [6, 6.07) is 10.5. The lowest BCUT2D eigenvalue weighted by atomic mass is 9.86. The van der Waals surface area contributed by atoms with Gasteiger partial charge in [-0.05, 0) is 67.7 Å². The molecule has 1 aliphatic carbocycles. The number of piperazine rings is 1. The highest BCUT2D eigenvalue weighted by atomic mass is 35.5. The van der Waals surface area contributed by atoms with Crippen molar-refractivity contribution < 1.29 is 23.1 Å². The average Bonchev–Trinajstić information content (AvgIpc) is 4.06. The highest BCUT2D eigenvalue weighted by Crippen LogP contribution is 2.46. The molecule has 5 aliphatic rings. The highest BCUT2D eigenvalue weighted by Gasteiger charge is 2.51. The van der Waals surface area contributed by atoms with E-state index in [0.717, 1.165) is 74.5 Å². The van der Waals surface area contributed by atoms with Gasteiger partial charge in [0.25, 0.3) is 5.56 Å². The number of para-hydroxylation sites is 1. The van der Waals surface area contributed by atoms with Crippen LogP contribution >= 0.6 is 11.6 Å². The molecule has 3 aromatic heterocycles. The maximum Gasteiger partial charge on any atom is 0.301 e. The van der Waals surface area contributed by atoms with Gasteiger partial charge in [-0.15, -0.1) is 0 Å². The molecule has 2 unspecified atom stereocenters. The van der Waals surface area contributed by atoms with E-state index in [2.05, 4.69) is 48.6 Å². The second-order valence-electron chi connectivity index (χ2n) is 17.7. The van der Waals surface area contributed by atoms with E-state index in [0.29, 0.717) is 70.9 Å². The number of carbonyl (C=O) groups is 2. The third-order valence-electron chi connectivity index (χ3n) is 13.6. The molecule has 5 aromatic rings. The van der Waals surface area contributed by atoms with E-state index in [1.807, 2.05) is 36.0 Å². The zero-order chi connectivity index (χ0) is 43.0. The van der Waals surface area contributed by atoms with Crippen molar-refractivity contribution in [1.82, 2.24) is 34.5 Å². The number of hydrogen-bond acceptors (Lipinski definition) is 12. The van der Waals surface area contributed by atoms with Crippen LogP contribution in [0.3, 0.4) is 0 Å². The lowest BCUT2D eigenvalue weighted by Gasteiger charge is -2.42. The predicted molar refractivity (Wildman–Crippen MR) is 234 cm³/mol. The van der Waals surface area contributed by atoms with Gasteiger partial charge in [0.15, 0.2) is 12.4 Å². The Labute approximate surface area is 361 Å². The van der Waals surface area contributed by atoms with Crippen LogP contribution in [0, 0.1) is 17.8 Å². The Morgan fingerprint density at radius 1 is 0.984 bits per heavy atom. The minimum atomic E-state index is -3.13. The topological polar surface area (TPSA) is 155 Å². The predicted octanol–water partition coefficient (Wildman–Crippen LogP) is 5.64. The van der Waals surface area contributed by atoms with Crippen molar-refractivity contribution >= 4 is 74.0 Å². The van der Waals surface area contributed by atoms with Crippen LogP contribution in [-0.2, 0) is 23.7 Å². The number of hydrogen-bond donors (Lipinski definition) is 3. The Bertz CT molecular complexity index is 2660. The molecule has 7 heterocycles. The maximum absolute atomic E-state index is 15.2. The van der Waals surface area contributed by atoms with Gasteiger partial charge in [-0.1, -0.05) is 30.7 Å². The van der Waals surface area contributed by atoms with Gasteiger partial charge in [0.1, 0.15) is 5.02 Å². The number of nitrogens with one attached hydrogen (secondary N) is 3. The number of aromatic nitrogens is 5. The van der Waals surface area contributed by atoms with Gasteiger partial charge in [0.2, 0.25) is 23.5 Å². The Morgan fingerprint density at radius 3 is 2.55 bits per heavy atom. The summed E-state index contributed by atoms with van der Waals surface area (Å²) in [5, 5.41) is 15.5. The number of aryl methyl sites for hydroxylation is 2. The molecule has 3 N–H and O–H groups in total. The summed E-state index contributed by atoms with van der Waals surface area (Å²) in [6.07, 6.45) is 4.76. The van der Waals surface area contributed by atoms with Crippen LogP contribution in [0.15, 0.2) is 47.4 Å². The van der Waals surface area contributed by atoms with Crippen molar-refractivity contribution in [2.45, 2.75) is 56.9 Å². The van der Waals surface area contributed by atoms with Crippen molar-refractivity contribution in [2.75, 3.05) is 72.9 Å². The maximum atomic E-state index is 15.2. The van der Waals surface area contributed by atoms with Gasteiger partial charge in [0.05, 0.1) is 46.3 Å². The first-order chi connectivity index (χ1) is 29.8. The van der Waals surface area contributed by atoms with Gasteiger partial charge in [-0.3, -0.25) is 29.3 Å². The summed E-state index contributed by atoms with van der Waals surface area (Å²) in [5.74, 6) is -2.50. The van der Waals surface area contributed by atoms with E-state index in [-0.39, 0.29) is 29.2 Å². The molecule has 4 aliphatic heterocycles. The fourth-order valence-corrected chi connectivity index (χ4v) is 10.1. The van der Waals surface area contributed by atoms with E-state index in [4.69, 9.17) is 26.4 Å². The van der Waals surface area contributed by atoms with E-state index in [1.54, 1.807) is 19.3 Å². The molecular weight excluding hydrogens is 820 g/mol. The Hall–Kier alpha value is -5.55. The normalized spacial score (nSPS) is 24.4. The second kappa shape index (κ2) is 15.7. The third kappa shape index (κ3) is 7.35. The molecule has 0 spiro atoms. The van der Waals surface area contributed by atoms with Gasteiger partial charge in [-0.2, -0.15) is 10.1 Å². The molecule has 15 nitrogen and oxygen atoms in total. The van der Waals surface area contributed by atoms with Gasteiger partial charge >= 0.3 is 5.92 Å². The van der Waals surface area contributed by atoms with Gasteiger partial charge < -0.3 is 29.7 Å². The Morgan fingerprint density at radius 2 is 1.79 bits per heavy atom. The van der Waals surface area contributed by atoms with Crippen LogP contribution in [0.1, 0.15) is 50.6 Å². The number of imide groups is 1. The first kappa shape index (κ1) is 40.5. The smallest absolute Gasteiger partial charge is 0.301 e. The summed E-state index contributed by atoms with van der Waals surface area (Å²) in [7, 11) is 3.53. The number of ether oxygens (including phenoxy) is 1. The van der Waals surface area contributed by atoms with Crippen LogP contribution in [0.5, 0.6) is 5.75 Å². The average molecular weight is 870 g/mol. The Balaban J connectivity index is 0.791. The number of rotatable bonds is 8. The summed E-state index contributed by atoms with van der Waals surface area (Å²) in [6.45, 7) is 7.63. The minimum absolute atomic E-state index is 0.107. The Kier molecular flexibility index (Phi) is 10.2. The number of piperidine rings is 2. The van der Waals surface area contributed by atoms with Crippen molar-refractivity contribution in [2.24, 2.45) is 31.8 Å². The molecule has 2 amide bonds. The second-order valence-corrected chi connectivity index (χ2v) is 18.2. The zero-order valence-electron chi connectivity index (χ0n) is 35.0. The SMILES string of the molecule is C[C@H]1CN(c2ncc(Cl)c(Nc3ccc4c(c3)c3c(c(=O)n4C)OCC(F)(F)C(C4CC4)N3)n2)CC[C@@H]1CN1CCN(c2cccc3c(C4CCC(=O)NC4=O)nn(C)c23)CC1. The highest BCUT2D eigenvalue weighted by molar-refractivity contribution is 6.33. The monoisotopic (exact) mass is 869 g/mol. The molecule has 4 atom stereocenters. The minimum Gasteiger partial charge on any atom is -0.480 e. The van der Waals surface area contributed by atoms with E-state index < -0.39 is 30.0 Å². The largest absolute Gasteiger partial charge is 0.480 e. The lowest BCUT2D eigenvalue weighted by molar-refractivity contribution is -0.134. The van der Waals surface area contributed by atoms with Crippen molar-refractivity contribution in [3.05, 3.63) is 63.7 Å². The van der Waals surface area contributed by atoms with Crippen LogP contribution < -0.4 is 36.0 Å². The van der Waals surface area contributed by atoms with E-state index in [1.165, 1.54) is 4.57 Å². The molecule has 326 valence electrons. The molecule has 0 bridgehead atoms. The van der Waals surface area contributed by atoms with Crippen molar-refractivity contribution in [3.63, 3.8) is 0 Å². The van der Waals surface area contributed by atoms with Gasteiger partial charge in [-0.25, -0.2) is 13.8 Å². The van der Waals surface area contributed by atoms with Crippen LogP contribution in [0.2, 0.25) is 5.02 Å². The van der Waals surface area contributed by atoms with Crippen LogP contribution in [0.25, 0.3) is 21.8 Å². The molecule has 4 fully saturated rings. The fraction of sp³-hybridized carbons (Fsp3) is 0.500. The van der Waals surface area contributed by atoms with E-state index in [9.17, 15) is 14.4 Å². The first-order valence-corrected chi connectivity index (χ1v) is 22.0. The molecule has 2 aromatic carbocycles. The number of halogens is 3. The lowest BCUT2D eigenvalue weighted by Crippen LogP contribution is -2.50. The number of anilines is 5. The summed E-state index contributed by atoms with van der Waals surface area (Å²) < 4.78 is 39.2. The molecule has 10 rings (SSSR count). The molecule has 18 heteroatoms. The summed E-state index contributed by atoms with van der Waals surface area (Å²) in [4.78, 5) is 54.5. The standard InChI is InChI=1S/C44H50ClF2N11O4/c1-24-21-58(14-13-26(24)22-56-15-17-57(18-16-56)33-6-4-5-28-35(53-55(3)37(28)33)29-10-12-34(59)50-41(29)60)43-48-20-31(45)40(52-43)49-27-9-11-32-30(19-27)36-38(42(61)54(32)2)62-23-44(46,47)39(51-36)25-7-8-25/h4-6,9,11,19-20,24-26,29,39,51H,7-8,10,12-18,21-23H2,1-3H3,(H,48,49,52)(H,50,59,60)/t24-,26+,29?,39?/m0/s1. The molecule has 3 saturated heterocycles. The summed E-state index contributed by atoms with van der Waals surface area (Å²) >= 11 is 6.66. The summed E-state index contributed by atoms with van der Waals surface area (Å²) in [5.41, 5.74) is 3.84. The third-order valence-corrected chi connectivity index (χ3v) is 13.9. The number of alkyl halides is 2. The molecule has 1 saturated carbocycles. The van der Waals surface area contributed by atoms with Crippen LogP contribution in [0.4, 0.5) is 37.6 Å².